The molecule has 0 fully saturated rings. The van der Waals surface area contributed by atoms with Crippen LogP contribution >= 0.6 is 23.1 Å². The average molecular weight is 465 g/mol. The number of fused-ring (bicyclic) bond motifs is 1. The summed E-state index contributed by atoms with van der Waals surface area (Å²) in [5.41, 5.74) is 1.13. The molecule has 8 heteroatoms. The molecule has 0 aliphatic heterocycles. The minimum absolute atomic E-state index is 0.288. The Bertz CT molecular complexity index is 1210. The number of anilines is 1. The van der Waals surface area contributed by atoms with Gasteiger partial charge in [0.25, 0.3) is 5.91 Å². The van der Waals surface area contributed by atoms with Crippen LogP contribution in [0, 0.1) is 0 Å². The van der Waals surface area contributed by atoms with E-state index in [0.29, 0.717) is 29.2 Å². The van der Waals surface area contributed by atoms with E-state index in [1.807, 2.05) is 54.6 Å². The number of hydrogen-bond acceptors (Lipinski definition) is 5. The maximum atomic E-state index is 13.0. The largest absolute Gasteiger partial charge is 0.367 e. The molecule has 6 nitrogen and oxygen atoms in total. The molecule has 0 saturated heterocycles. The Morgan fingerprint density at radius 1 is 0.906 bits per heavy atom. The third-order valence-electron chi connectivity index (χ3n) is 4.87. The molecule has 0 bridgehead atoms. The first-order valence-corrected chi connectivity index (χ1v) is 11.2. The molecule has 0 radical (unpaired) electrons. The molecule has 4 rings (SSSR count). The quantitative estimate of drug-likeness (QED) is 0.331. The number of carbonyl (C=O) groups excluding carboxylic acids is 2. The van der Waals surface area contributed by atoms with E-state index in [1.54, 1.807) is 24.3 Å². The Hall–Kier alpha value is -3.42. The normalized spacial score (nSPS) is 11.7. The standard InChI is InChI=1S/C24H21ClN4O2S/c25-18-12-10-17(11-13-18)23(30)28-21(16-6-2-1-3-7-16)24(31)27-15-14-26-22-19-8-4-5-9-20(19)32-29-22/h1-13,21H,14-15H2,(H,26,29)(H,27,31)(H,28,30)/t21-/m1/s1. The fourth-order valence-electron chi connectivity index (χ4n) is 3.24. The van der Waals surface area contributed by atoms with Crippen LogP contribution < -0.4 is 16.0 Å². The van der Waals surface area contributed by atoms with Gasteiger partial charge in [-0.05, 0) is 53.5 Å². The third kappa shape index (κ3) is 5.25. The number of nitrogens with zero attached hydrogens (tertiary/aromatic N) is 1. The summed E-state index contributed by atoms with van der Waals surface area (Å²) in [5, 5.41) is 10.6. The summed E-state index contributed by atoms with van der Waals surface area (Å²) in [6, 6.07) is 22.8. The fourth-order valence-corrected chi connectivity index (χ4v) is 4.12. The zero-order chi connectivity index (χ0) is 22.3. The van der Waals surface area contributed by atoms with Gasteiger partial charge in [-0.25, -0.2) is 0 Å². The molecular formula is C24H21ClN4O2S. The molecule has 162 valence electrons. The number of carbonyl (C=O) groups is 2. The Balaban J connectivity index is 1.39. The van der Waals surface area contributed by atoms with E-state index >= 15 is 0 Å². The predicted molar refractivity (Wildman–Crippen MR) is 129 cm³/mol. The van der Waals surface area contributed by atoms with Crippen molar-refractivity contribution in [3.63, 3.8) is 0 Å². The second-order valence-corrected chi connectivity index (χ2v) is 8.31. The zero-order valence-electron chi connectivity index (χ0n) is 17.0. The van der Waals surface area contributed by atoms with E-state index in [4.69, 9.17) is 11.6 Å². The van der Waals surface area contributed by atoms with Crippen molar-refractivity contribution in [2.24, 2.45) is 0 Å². The molecule has 32 heavy (non-hydrogen) atoms. The molecule has 0 saturated carbocycles. The molecule has 1 heterocycles. The number of halogens is 1. The van der Waals surface area contributed by atoms with Gasteiger partial charge in [-0.2, -0.15) is 4.37 Å². The van der Waals surface area contributed by atoms with Gasteiger partial charge in [0, 0.05) is 29.1 Å². The van der Waals surface area contributed by atoms with Crippen molar-refractivity contribution in [2.75, 3.05) is 18.4 Å². The van der Waals surface area contributed by atoms with Crippen molar-refractivity contribution in [2.45, 2.75) is 6.04 Å². The van der Waals surface area contributed by atoms with Gasteiger partial charge >= 0.3 is 0 Å². The van der Waals surface area contributed by atoms with Gasteiger partial charge in [-0.1, -0.05) is 54.1 Å². The van der Waals surface area contributed by atoms with E-state index in [2.05, 4.69) is 20.3 Å². The van der Waals surface area contributed by atoms with Gasteiger partial charge in [0.15, 0.2) is 0 Å². The highest BCUT2D eigenvalue weighted by Gasteiger charge is 2.23. The Morgan fingerprint density at radius 2 is 1.62 bits per heavy atom. The van der Waals surface area contributed by atoms with Crippen LogP contribution in [-0.2, 0) is 4.79 Å². The van der Waals surface area contributed by atoms with Crippen molar-refractivity contribution < 1.29 is 9.59 Å². The topological polar surface area (TPSA) is 83.1 Å². The lowest BCUT2D eigenvalue weighted by molar-refractivity contribution is -0.123. The van der Waals surface area contributed by atoms with E-state index in [0.717, 1.165) is 15.9 Å². The van der Waals surface area contributed by atoms with Crippen LogP contribution in [0.3, 0.4) is 0 Å². The lowest BCUT2D eigenvalue weighted by Gasteiger charge is -2.19. The monoisotopic (exact) mass is 464 g/mol. The summed E-state index contributed by atoms with van der Waals surface area (Å²) in [5.74, 6) is 0.164. The SMILES string of the molecule is O=C(N[C@@H](C(=O)NCCNc1nsc2ccccc12)c1ccccc1)c1ccc(Cl)cc1. The lowest BCUT2D eigenvalue weighted by atomic mass is 10.1. The second kappa shape index (κ2) is 10.3. The van der Waals surface area contributed by atoms with Crippen molar-refractivity contribution in [1.29, 1.82) is 0 Å². The number of rotatable bonds is 8. The molecule has 0 unspecified atom stereocenters. The number of hydrogen-bond donors (Lipinski definition) is 3. The zero-order valence-corrected chi connectivity index (χ0v) is 18.6. The van der Waals surface area contributed by atoms with Gasteiger partial charge < -0.3 is 16.0 Å². The van der Waals surface area contributed by atoms with Crippen molar-refractivity contribution >= 4 is 50.9 Å². The molecule has 3 N–H and O–H groups in total. The van der Waals surface area contributed by atoms with Gasteiger partial charge in [-0.3, -0.25) is 9.59 Å². The highest BCUT2D eigenvalue weighted by molar-refractivity contribution is 7.13. The van der Waals surface area contributed by atoms with Crippen LogP contribution in [0.1, 0.15) is 22.0 Å². The molecule has 0 spiro atoms. The molecule has 0 aliphatic carbocycles. The molecule has 1 atom stereocenters. The summed E-state index contributed by atoms with van der Waals surface area (Å²) < 4.78 is 5.53. The number of aromatic nitrogens is 1. The summed E-state index contributed by atoms with van der Waals surface area (Å²) in [6.45, 7) is 0.886. The summed E-state index contributed by atoms with van der Waals surface area (Å²) >= 11 is 7.33. The van der Waals surface area contributed by atoms with E-state index < -0.39 is 6.04 Å². The van der Waals surface area contributed by atoms with Crippen LogP contribution in [0.15, 0.2) is 78.9 Å². The van der Waals surface area contributed by atoms with Crippen LogP contribution in [0.25, 0.3) is 10.1 Å². The minimum Gasteiger partial charge on any atom is -0.367 e. The van der Waals surface area contributed by atoms with Gasteiger partial charge in [-0.15, -0.1) is 0 Å². The van der Waals surface area contributed by atoms with Crippen molar-refractivity contribution in [3.8, 4) is 0 Å². The first-order valence-electron chi connectivity index (χ1n) is 10.1. The minimum atomic E-state index is -0.820. The highest BCUT2D eigenvalue weighted by atomic mass is 35.5. The predicted octanol–water partition coefficient (Wildman–Crippen LogP) is 4.65. The summed E-state index contributed by atoms with van der Waals surface area (Å²) in [7, 11) is 0. The molecule has 4 aromatic rings. The highest BCUT2D eigenvalue weighted by Crippen LogP contribution is 2.25. The molecule has 2 amide bonds. The van der Waals surface area contributed by atoms with E-state index in [-0.39, 0.29) is 11.8 Å². The summed E-state index contributed by atoms with van der Waals surface area (Å²) in [6.07, 6.45) is 0. The van der Waals surface area contributed by atoms with E-state index in [9.17, 15) is 9.59 Å². The van der Waals surface area contributed by atoms with Gasteiger partial charge in [0.2, 0.25) is 5.91 Å². The number of amides is 2. The smallest absolute Gasteiger partial charge is 0.252 e. The molecule has 1 aromatic heterocycles. The molecular weight excluding hydrogens is 444 g/mol. The van der Waals surface area contributed by atoms with E-state index in [1.165, 1.54) is 11.5 Å². The average Bonchev–Trinajstić information content (AvgIpc) is 3.24. The van der Waals surface area contributed by atoms with Gasteiger partial charge in [0.1, 0.15) is 11.9 Å². The lowest BCUT2D eigenvalue weighted by Crippen LogP contribution is -2.41. The van der Waals surface area contributed by atoms with Crippen molar-refractivity contribution in [3.05, 3.63) is 95.0 Å². The second-order valence-electron chi connectivity index (χ2n) is 7.07. The first kappa shape index (κ1) is 21.8. The van der Waals surface area contributed by atoms with Crippen molar-refractivity contribution in [1.82, 2.24) is 15.0 Å². The first-order chi connectivity index (χ1) is 15.6. The Kier molecular flexibility index (Phi) is 6.99. The van der Waals surface area contributed by atoms with Crippen LogP contribution in [0.5, 0.6) is 0 Å². The number of benzene rings is 3. The maximum absolute atomic E-state index is 13.0. The summed E-state index contributed by atoms with van der Waals surface area (Å²) in [4.78, 5) is 25.7. The number of nitrogens with one attached hydrogen (secondary N) is 3. The van der Waals surface area contributed by atoms with Crippen LogP contribution in [0.2, 0.25) is 5.02 Å². The Morgan fingerprint density at radius 3 is 2.41 bits per heavy atom. The maximum Gasteiger partial charge on any atom is 0.252 e. The molecule has 0 aliphatic rings. The fraction of sp³-hybridized carbons (Fsp3) is 0.125. The van der Waals surface area contributed by atoms with Crippen LogP contribution in [-0.4, -0.2) is 29.3 Å². The van der Waals surface area contributed by atoms with Gasteiger partial charge in [0.05, 0.1) is 4.70 Å². The third-order valence-corrected chi connectivity index (χ3v) is 5.95. The molecule has 3 aromatic carbocycles. The Labute approximate surface area is 194 Å². The van der Waals surface area contributed by atoms with Crippen LogP contribution in [0.4, 0.5) is 5.82 Å².